The summed E-state index contributed by atoms with van der Waals surface area (Å²) in [5.74, 6) is 1.47. The molecular formula is C18H18Br2O2. The number of allylic oxidation sites excluding steroid dienone is 2. The van der Waals surface area contributed by atoms with E-state index in [0.29, 0.717) is 23.4 Å². The molecule has 3 aliphatic rings. The Balaban J connectivity index is 1.79. The number of hydrogen-bond donors (Lipinski definition) is 1. The van der Waals surface area contributed by atoms with E-state index >= 15 is 0 Å². The highest BCUT2D eigenvalue weighted by Crippen LogP contribution is 2.59. The minimum atomic E-state index is -0.192. The molecule has 4 rings (SSSR count). The van der Waals surface area contributed by atoms with Crippen LogP contribution in [0.2, 0.25) is 0 Å². The van der Waals surface area contributed by atoms with Gasteiger partial charge in [-0.15, -0.1) is 0 Å². The van der Waals surface area contributed by atoms with Gasteiger partial charge in [0, 0.05) is 11.3 Å². The number of aromatic hydroxyl groups is 1. The van der Waals surface area contributed by atoms with Crippen LogP contribution in [0.15, 0.2) is 28.3 Å². The van der Waals surface area contributed by atoms with Gasteiger partial charge in [0.1, 0.15) is 5.75 Å². The molecule has 0 heterocycles. The zero-order valence-corrected chi connectivity index (χ0v) is 15.6. The predicted molar refractivity (Wildman–Crippen MR) is 93.5 cm³/mol. The van der Waals surface area contributed by atoms with Gasteiger partial charge in [-0.3, -0.25) is 4.79 Å². The normalized spacial score (nSPS) is 36.4. The Morgan fingerprint density at radius 1 is 1.36 bits per heavy atom. The number of ketones is 1. The van der Waals surface area contributed by atoms with Crippen LogP contribution >= 0.6 is 31.9 Å². The second-order valence-electron chi connectivity index (χ2n) is 7.00. The first-order valence-electron chi connectivity index (χ1n) is 7.82. The summed E-state index contributed by atoms with van der Waals surface area (Å²) >= 11 is 7.11. The van der Waals surface area contributed by atoms with E-state index in [1.165, 1.54) is 16.7 Å². The van der Waals surface area contributed by atoms with E-state index in [2.05, 4.69) is 50.9 Å². The van der Waals surface area contributed by atoms with E-state index in [4.69, 9.17) is 0 Å². The largest absolute Gasteiger partial charge is 0.507 e. The first-order valence-corrected chi connectivity index (χ1v) is 9.53. The van der Waals surface area contributed by atoms with Gasteiger partial charge in [-0.1, -0.05) is 40.6 Å². The third kappa shape index (κ3) is 1.86. The number of fused-ring (bicyclic) bond motifs is 5. The van der Waals surface area contributed by atoms with Crippen LogP contribution in [0, 0.1) is 11.3 Å². The summed E-state index contributed by atoms with van der Waals surface area (Å²) in [4.78, 5) is 12.6. The first kappa shape index (κ1) is 14.9. The van der Waals surface area contributed by atoms with Gasteiger partial charge in [-0.05, 0) is 64.7 Å². The third-order valence-corrected chi connectivity index (χ3v) is 7.67. The molecule has 4 atom stereocenters. The van der Waals surface area contributed by atoms with Crippen LogP contribution in [-0.4, -0.2) is 15.7 Å². The SMILES string of the molecule is C[C@]12CC[C@H]3C(=CCc4c3ccc(O)c4Br)[C@@H]1C[C@@H](Br)C2=O. The molecule has 0 spiro atoms. The maximum absolute atomic E-state index is 12.6. The monoisotopic (exact) mass is 424 g/mol. The number of hydrogen-bond acceptors (Lipinski definition) is 2. The highest BCUT2D eigenvalue weighted by atomic mass is 79.9. The van der Waals surface area contributed by atoms with E-state index in [9.17, 15) is 9.90 Å². The standard InChI is InChI=1S/C18H18Br2O2/c1-18-7-6-10-9-4-5-15(21)16(20)12(9)3-2-11(10)13(18)8-14(19)17(18)22/h2,4-5,10,13-14,21H,3,6-8H2,1H3/t10-,13+,14-,18+/m1/s1. The number of phenols is 1. The number of carbonyl (C=O) groups is 1. The molecule has 2 saturated carbocycles. The van der Waals surface area contributed by atoms with E-state index in [0.717, 1.165) is 30.2 Å². The molecule has 1 aromatic carbocycles. The summed E-state index contributed by atoms with van der Waals surface area (Å²) in [5.41, 5.74) is 3.79. The van der Waals surface area contributed by atoms with Crippen LogP contribution < -0.4 is 0 Å². The lowest BCUT2D eigenvalue weighted by atomic mass is 9.60. The van der Waals surface area contributed by atoms with E-state index in [1.54, 1.807) is 6.07 Å². The smallest absolute Gasteiger partial charge is 0.152 e. The van der Waals surface area contributed by atoms with Crippen molar-refractivity contribution >= 4 is 37.6 Å². The van der Waals surface area contributed by atoms with Gasteiger partial charge < -0.3 is 5.11 Å². The van der Waals surface area contributed by atoms with Gasteiger partial charge in [-0.2, -0.15) is 0 Å². The average Bonchev–Trinajstić information content (AvgIpc) is 2.74. The molecule has 0 unspecified atom stereocenters. The van der Waals surface area contributed by atoms with E-state index in [1.807, 2.05) is 0 Å². The summed E-state index contributed by atoms with van der Waals surface area (Å²) in [7, 11) is 0. The molecule has 1 N–H and O–H groups in total. The van der Waals surface area contributed by atoms with Crippen LogP contribution in [0.5, 0.6) is 5.75 Å². The van der Waals surface area contributed by atoms with Crippen LogP contribution in [-0.2, 0) is 11.2 Å². The van der Waals surface area contributed by atoms with Crippen molar-refractivity contribution in [1.82, 2.24) is 0 Å². The quantitative estimate of drug-likeness (QED) is 0.475. The molecular weight excluding hydrogens is 408 g/mol. The molecule has 0 saturated heterocycles. The molecule has 0 radical (unpaired) electrons. The van der Waals surface area contributed by atoms with Gasteiger partial charge in [0.25, 0.3) is 0 Å². The molecule has 2 fully saturated rings. The summed E-state index contributed by atoms with van der Waals surface area (Å²) in [6.45, 7) is 2.15. The maximum Gasteiger partial charge on any atom is 0.152 e. The number of halogens is 2. The molecule has 0 aliphatic heterocycles. The molecule has 4 heteroatoms. The number of phenolic OH excluding ortho intramolecular Hbond substituents is 1. The summed E-state index contributed by atoms with van der Waals surface area (Å²) in [6, 6.07) is 3.85. The fourth-order valence-electron chi connectivity index (χ4n) is 4.76. The lowest BCUT2D eigenvalue weighted by Crippen LogP contribution is -2.38. The Bertz CT molecular complexity index is 709. The van der Waals surface area contributed by atoms with Crippen LogP contribution in [0.1, 0.15) is 43.2 Å². The summed E-state index contributed by atoms with van der Waals surface area (Å²) in [5, 5.41) is 9.91. The lowest BCUT2D eigenvalue weighted by molar-refractivity contribution is -0.126. The Morgan fingerprint density at radius 2 is 2.14 bits per heavy atom. The predicted octanol–water partition coefficient (Wildman–Crippen LogP) is 4.87. The van der Waals surface area contributed by atoms with Crippen molar-refractivity contribution < 1.29 is 9.90 Å². The Kier molecular flexibility index (Phi) is 3.36. The molecule has 2 nitrogen and oxygen atoms in total. The fourth-order valence-corrected chi connectivity index (χ4v) is 6.18. The molecule has 0 bridgehead atoms. The zero-order chi connectivity index (χ0) is 15.6. The van der Waals surface area contributed by atoms with Crippen LogP contribution in [0.3, 0.4) is 0 Å². The van der Waals surface area contributed by atoms with Crippen LogP contribution in [0.25, 0.3) is 0 Å². The number of Topliss-reactive ketones (excluding diaryl/α,β-unsaturated/α-hetero) is 1. The summed E-state index contributed by atoms with van der Waals surface area (Å²) < 4.78 is 0.828. The molecule has 0 aromatic heterocycles. The lowest BCUT2D eigenvalue weighted by Gasteiger charge is -2.43. The average molecular weight is 426 g/mol. The second-order valence-corrected chi connectivity index (χ2v) is 8.90. The minimum Gasteiger partial charge on any atom is -0.507 e. The minimum absolute atomic E-state index is 0.00935. The van der Waals surface area contributed by atoms with Crippen molar-refractivity contribution in [2.24, 2.45) is 11.3 Å². The first-order chi connectivity index (χ1) is 10.4. The van der Waals surface area contributed by atoms with Crippen molar-refractivity contribution in [1.29, 1.82) is 0 Å². The Morgan fingerprint density at radius 3 is 2.91 bits per heavy atom. The Hall–Kier alpha value is -0.610. The fraction of sp³-hybridized carbons (Fsp3) is 0.500. The van der Waals surface area contributed by atoms with Gasteiger partial charge in [0.05, 0.1) is 9.30 Å². The topological polar surface area (TPSA) is 37.3 Å². The van der Waals surface area contributed by atoms with Crippen molar-refractivity contribution in [3.8, 4) is 5.75 Å². The third-order valence-electron chi connectivity index (χ3n) is 5.99. The maximum atomic E-state index is 12.6. The second kappa shape index (κ2) is 4.94. The van der Waals surface area contributed by atoms with Crippen molar-refractivity contribution in [3.63, 3.8) is 0 Å². The zero-order valence-electron chi connectivity index (χ0n) is 12.4. The van der Waals surface area contributed by atoms with E-state index in [-0.39, 0.29) is 10.2 Å². The number of rotatable bonds is 0. The highest BCUT2D eigenvalue weighted by Gasteiger charge is 2.55. The van der Waals surface area contributed by atoms with Gasteiger partial charge in [-0.25, -0.2) is 0 Å². The van der Waals surface area contributed by atoms with E-state index < -0.39 is 0 Å². The van der Waals surface area contributed by atoms with Crippen LogP contribution in [0.4, 0.5) is 0 Å². The van der Waals surface area contributed by atoms with Crippen molar-refractivity contribution in [3.05, 3.63) is 39.4 Å². The molecule has 3 aliphatic carbocycles. The van der Waals surface area contributed by atoms with Gasteiger partial charge >= 0.3 is 0 Å². The van der Waals surface area contributed by atoms with Gasteiger partial charge in [0.15, 0.2) is 5.78 Å². The Labute approximate surface area is 147 Å². The number of benzene rings is 1. The molecule has 22 heavy (non-hydrogen) atoms. The summed E-state index contributed by atoms with van der Waals surface area (Å²) in [6.07, 6.45) is 6.06. The van der Waals surface area contributed by atoms with Crippen molar-refractivity contribution in [2.75, 3.05) is 0 Å². The highest BCUT2D eigenvalue weighted by molar-refractivity contribution is 9.10. The van der Waals surface area contributed by atoms with Crippen molar-refractivity contribution in [2.45, 2.75) is 43.4 Å². The molecule has 1 aromatic rings. The van der Waals surface area contributed by atoms with Gasteiger partial charge in [0.2, 0.25) is 0 Å². The number of carbonyl (C=O) groups excluding carboxylic acids is 1. The molecule has 116 valence electrons. The molecule has 0 amide bonds. The number of alkyl halides is 1.